The minimum Gasteiger partial charge on any atom is -0.462 e. The predicted molar refractivity (Wildman–Crippen MR) is 158 cm³/mol. The number of rotatable bonds is 8. The Kier molecular flexibility index (Phi) is 8.49. The Hall–Kier alpha value is -3.41. The number of likely N-dealkylation sites (N-methyl/N-ethyl adjacent to an activating group) is 1. The second-order valence-corrected chi connectivity index (χ2v) is 10.9. The van der Waals surface area contributed by atoms with E-state index in [-0.39, 0.29) is 6.04 Å². The number of hydrogen-bond donors (Lipinski definition) is 1. The van der Waals surface area contributed by atoms with Gasteiger partial charge in [-0.05, 0) is 63.9 Å². The van der Waals surface area contributed by atoms with Gasteiger partial charge in [0, 0.05) is 55.1 Å². The first-order valence-corrected chi connectivity index (χ1v) is 14.2. The molecule has 3 aliphatic rings. The molecule has 8 nitrogen and oxygen atoms in total. The van der Waals surface area contributed by atoms with Gasteiger partial charge in [-0.2, -0.15) is 15.2 Å². The van der Waals surface area contributed by atoms with Gasteiger partial charge in [-0.15, -0.1) is 0 Å². The summed E-state index contributed by atoms with van der Waals surface area (Å²) in [7, 11) is 2.16. The lowest BCUT2D eigenvalue weighted by Crippen LogP contribution is -2.51. The molecule has 0 spiro atoms. The first-order valence-electron chi connectivity index (χ1n) is 14.2. The number of nitrogens with zero attached hydrogens (tertiary/aromatic N) is 6. The van der Waals surface area contributed by atoms with Gasteiger partial charge in [0.05, 0.1) is 24.7 Å². The van der Waals surface area contributed by atoms with Gasteiger partial charge in [0.2, 0.25) is 0 Å². The Balaban J connectivity index is 1.49. The van der Waals surface area contributed by atoms with Crippen LogP contribution >= 0.6 is 0 Å². The first-order chi connectivity index (χ1) is 19.0. The molecule has 2 aromatic rings. The first kappa shape index (κ1) is 27.2. The number of ether oxygens (including phenoxy) is 1. The SMILES string of the molecule is C=Cc1cccc(N2CCc3c(nc(OC[C@@H]4CCCN4C)nc3N3CCN[C@@H](CC#N)C3)C2)c1/C(C)=C\C. The Morgan fingerprint density at radius 2 is 2.13 bits per heavy atom. The molecule has 5 rings (SSSR count). The molecule has 0 unspecified atom stereocenters. The van der Waals surface area contributed by atoms with Crippen LogP contribution in [0.1, 0.15) is 55.5 Å². The molecule has 2 saturated heterocycles. The number of aromatic nitrogens is 2. The fourth-order valence-electron chi connectivity index (χ4n) is 6.11. The summed E-state index contributed by atoms with van der Waals surface area (Å²) in [6, 6.07) is 9.77. The lowest BCUT2D eigenvalue weighted by molar-refractivity contribution is 0.187. The highest BCUT2D eigenvalue weighted by molar-refractivity contribution is 5.82. The van der Waals surface area contributed by atoms with Gasteiger partial charge in [-0.1, -0.05) is 30.9 Å². The monoisotopic (exact) mass is 527 g/mol. The van der Waals surface area contributed by atoms with E-state index in [2.05, 4.69) is 77.8 Å². The van der Waals surface area contributed by atoms with Gasteiger partial charge in [-0.25, -0.2) is 0 Å². The van der Waals surface area contributed by atoms with E-state index in [1.54, 1.807) is 0 Å². The highest BCUT2D eigenvalue weighted by atomic mass is 16.5. The van der Waals surface area contributed by atoms with Crippen LogP contribution in [0.25, 0.3) is 11.6 Å². The molecule has 206 valence electrons. The smallest absolute Gasteiger partial charge is 0.318 e. The number of nitriles is 1. The lowest BCUT2D eigenvalue weighted by Gasteiger charge is -2.38. The number of likely N-dealkylation sites (tertiary alicyclic amines) is 1. The Morgan fingerprint density at radius 3 is 2.87 bits per heavy atom. The van der Waals surface area contributed by atoms with Crippen LogP contribution in [0.5, 0.6) is 6.01 Å². The summed E-state index contributed by atoms with van der Waals surface area (Å²) < 4.78 is 6.29. The normalized spacial score (nSPS) is 21.9. The van der Waals surface area contributed by atoms with Crippen LogP contribution in [0, 0.1) is 11.3 Å². The molecular weight excluding hydrogens is 486 g/mol. The van der Waals surface area contributed by atoms with E-state index in [0.29, 0.717) is 31.6 Å². The van der Waals surface area contributed by atoms with Gasteiger partial charge < -0.3 is 24.8 Å². The van der Waals surface area contributed by atoms with E-state index < -0.39 is 0 Å². The molecule has 1 N–H and O–H groups in total. The molecule has 39 heavy (non-hydrogen) atoms. The zero-order valence-corrected chi connectivity index (χ0v) is 23.6. The molecule has 0 aliphatic carbocycles. The van der Waals surface area contributed by atoms with E-state index in [0.717, 1.165) is 62.6 Å². The number of hydrogen-bond acceptors (Lipinski definition) is 8. The molecule has 3 aliphatic heterocycles. The van der Waals surface area contributed by atoms with Crippen molar-refractivity contribution in [2.45, 2.75) is 58.2 Å². The molecule has 1 aromatic heterocycles. The highest BCUT2D eigenvalue weighted by Gasteiger charge is 2.30. The third kappa shape index (κ3) is 5.80. The summed E-state index contributed by atoms with van der Waals surface area (Å²) >= 11 is 0. The molecule has 0 radical (unpaired) electrons. The second kappa shape index (κ2) is 12.2. The van der Waals surface area contributed by atoms with Crippen molar-refractivity contribution >= 4 is 23.2 Å². The Bertz CT molecular complexity index is 1270. The van der Waals surface area contributed by atoms with Gasteiger partial charge in [0.25, 0.3) is 0 Å². The van der Waals surface area contributed by atoms with Crippen molar-refractivity contribution in [3.05, 3.63) is 53.2 Å². The largest absolute Gasteiger partial charge is 0.462 e. The average Bonchev–Trinajstić information content (AvgIpc) is 3.39. The van der Waals surface area contributed by atoms with E-state index in [9.17, 15) is 5.26 Å². The Morgan fingerprint density at radius 1 is 1.26 bits per heavy atom. The van der Waals surface area contributed by atoms with Crippen molar-refractivity contribution in [2.75, 3.05) is 56.2 Å². The summed E-state index contributed by atoms with van der Waals surface area (Å²) in [5.74, 6) is 0.976. The number of fused-ring (bicyclic) bond motifs is 1. The maximum atomic E-state index is 9.29. The minimum atomic E-state index is 0.138. The van der Waals surface area contributed by atoms with Crippen molar-refractivity contribution in [2.24, 2.45) is 0 Å². The molecule has 2 atom stereocenters. The van der Waals surface area contributed by atoms with E-state index in [1.807, 2.05) is 6.08 Å². The maximum absolute atomic E-state index is 9.29. The van der Waals surface area contributed by atoms with Crippen molar-refractivity contribution in [3.63, 3.8) is 0 Å². The van der Waals surface area contributed by atoms with Crippen LogP contribution in [0.2, 0.25) is 0 Å². The van der Waals surface area contributed by atoms with Gasteiger partial charge in [-0.3, -0.25) is 0 Å². The number of benzene rings is 1. The predicted octanol–water partition coefficient (Wildman–Crippen LogP) is 4.27. The van der Waals surface area contributed by atoms with Crippen molar-refractivity contribution in [3.8, 4) is 12.1 Å². The third-order valence-electron chi connectivity index (χ3n) is 8.45. The van der Waals surface area contributed by atoms with Crippen molar-refractivity contribution in [1.82, 2.24) is 20.2 Å². The number of anilines is 2. The standard InChI is InChI=1S/C31H41N7O/c1-5-22(3)29-23(6-2)9-7-11-28(29)37-17-13-26-27(20-37)34-31(39-21-25-10-8-16-36(25)4)35-30(26)38-18-15-33-24(19-38)12-14-32/h5-7,9,11,24-25,33H,2,8,10,12-13,15-21H2,1,3-4H3/b22-5-/t24-,25-/m0/s1. The van der Waals surface area contributed by atoms with Crippen LogP contribution < -0.4 is 19.9 Å². The van der Waals surface area contributed by atoms with Gasteiger partial charge in [0.15, 0.2) is 0 Å². The summed E-state index contributed by atoms with van der Waals surface area (Å²) in [6.45, 7) is 14.1. The van der Waals surface area contributed by atoms with Crippen LogP contribution in [-0.2, 0) is 13.0 Å². The number of piperazine rings is 1. The van der Waals surface area contributed by atoms with Crippen LogP contribution in [0.15, 0.2) is 30.9 Å². The summed E-state index contributed by atoms with van der Waals surface area (Å²) in [4.78, 5) is 17.1. The van der Waals surface area contributed by atoms with Crippen LogP contribution in [0.4, 0.5) is 11.5 Å². The highest BCUT2D eigenvalue weighted by Crippen LogP contribution is 2.36. The lowest BCUT2D eigenvalue weighted by atomic mass is 9.95. The van der Waals surface area contributed by atoms with E-state index in [4.69, 9.17) is 14.7 Å². The van der Waals surface area contributed by atoms with Crippen molar-refractivity contribution < 1.29 is 4.74 Å². The zero-order valence-electron chi connectivity index (χ0n) is 23.6. The molecule has 0 saturated carbocycles. The van der Waals surface area contributed by atoms with Gasteiger partial charge in [0.1, 0.15) is 12.4 Å². The molecule has 1 aromatic carbocycles. The average molecular weight is 528 g/mol. The molecule has 0 amide bonds. The van der Waals surface area contributed by atoms with Crippen LogP contribution in [-0.4, -0.2) is 73.3 Å². The molecule has 4 heterocycles. The van der Waals surface area contributed by atoms with Gasteiger partial charge >= 0.3 is 6.01 Å². The topological polar surface area (TPSA) is 80.6 Å². The maximum Gasteiger partial charge on any atom is 0.318 e. The quantitative estimate of drug-likeness (QED) is 0.545. The molecule has 0 bridgehead atoms. The fourth-order valence-corrected chi connectivity index (χ4v) is 6.11. The Labute approximate surface area is 233 Å². The van der Waals surface area contributed by atoms with Crippen molar-refractivity contribution in [1.29, 1.82) is 5.26 Å². The minimum absolute atomic E-state index is 0.138. The number of allylic oxidation sites excluding steroid dienone is 2. The summed E-state index contributed by atoms with van der Waals surface area (Å²) in [5, 5.41) is 12.8. The fraction of sp³-hybridized carbons (Fsp3) is 0.516. The van der Waals surface area contributed by atoms with E-state index in [1.165, 1.54) is 28.8 Å². The summed E-state index contributed by atoms with van der Waals surface area (Å²) in [5.41, 5.74) is 7.06. The summed E-state index contributed by atoms with van der Waals surface area (Å²) in [6.07, 6.45) is 7.80. The molecule has 8 heteroatoms. The molecular formula is C31H41N7O. The third-order valence-corrected chi connectivity index (χ3v) is 8.45. The second-order valence-electron chi connectivity index (χ2n) is 10.9. The van der Waals surface area contributed by atoms with E-state index >= 15 is 0 Å². The van der Waals surface area contributed by atoms with Crippen LogP contribution in [0.3, 0.4) is 0 Å². The molecule has 2 fully saturated rings. The zero-order chi connectivity index (χ0) is 27.4. The number of nitrogens with one attached hydrogen (secondary N) is 1.